The fraction of sp³-hybridized carbons (Fsp3) is 0.500. The minimum Gasteiger partial charge on any atom is -0.488 e. The van der Waals surface area contributed by atoms with E-state index < -0.39 is 0 Å². The molecule has 26 heavy (non-hydrogen) atoms. The van der Waals surface area contributed by atoms with Crippen molar-refractivity contribution in [2.45, 2.75) is 13.3 Å². The first-order chi connectivity index (χ1) is 12.6. The lowest BCUT2D eigenvalue weighted by atomic mass is 9.98. The smallest absolute Gasteiger partial charge is 0.256 e. The molecule has 8 heteroatoms. The molecule has 0 saturated carbocycles. The first kappa shape index (κ1) is 18.2. The number of ether oxygens (including phenoxy) is 2. The molecular formula is C18H26N6O2. The predicted octanol–water partition coefficient (Wildman–Crippen LogP) is 2.30. The first-order valence-electron chi connectivity index (χ1n) is 8.73. The van der Waals surface area contributed by atoms with E-state index in [1.54, 1.807) is 13.3 Å². The Kier molecular flexibility index (Phi) is 5.72. The van der Waals surface area contributed by atoms with Gasteiger partial charge in [0.1, 0.15) is 5.82 Å². The minimum absolute atomic E-state index is 0.474. The Bertz CT molecular complexity index is 748. The fourth-order valence-corrected chi connectivity index (χ4v) is 2.98. The van der Waals surface area contributed by atoms with Crippen molar-refractivity contribution in [1.82, 2.24) is 19.9 Å². The molecule has 0 amide bonds. The number of likely N-dealkylation sites (tertiary alicyclic amines) is 1. The Morgan fingerprint density at radius 2 is 2.08 bits per heavy atom. The van der Waals surface area contributed by atoms with Crippen molar-refractivity contribution in [3.63, 3.8) is 0 Å². The predicted molar refractivity (Wildman–Crippen MR) is 101 cm³/mol. The molecule has 140 valence electrons. The van der Waals surface area contributed by atoms with Crippen LogP contribution in [0.4, 0.5) is 17.5 Å². The molecular weight excluding hydrogens is 332 g/mol. The molecule has 0 bridgehead atoms. The quantitative estimate of drug-likeness (QED) is 0.744. The molecule has 0 spiro atoms. The highest BCUT2D eigenvalue weighted by atomic mass is 16.5. The van der Waals surface area contributed by atoms with Gasteiger partial charge in [-0.2, -0.15) is 4.98 Å². The van der Waals surface area contributed by atoms with Gasteiger partial charge in [0.05, 0.1) is 25.6 Å². The van der Waals surface area contributed by atoms with Crippen molar-refractivity contribution in [2.75, 3.05) is 51.5 Å². The lowest BCUT2D eigenvalue weighted by molar-refractivity contribution is 0.110. The van der Waals surface area contributed by atoms with Crippen molar-refractivity contribution in [1.29, 1.82) is 0 Å². The van der Waals surface area contributed by atoms with E-state index in [0.29, 0.717) is 30.1 Å². The summed E-state index contributed by atoms with van der Waals surface area (Å²) >= 11 is 0. The number of rotatable bonds is 8. The number of methoxy groups -OCH3 is 1. The van der Waals surface area contributed by atoms with Crippen molar-refractivity contribution in [3.05, 3.63) is 24.0 Å². The van der Waals surface area contributed by atoms with Crippen molar-refractivity contribution in [3.8, 4) is 11.6 Å². The standard InChI is InChI=1S/C18H26N6O2/c1-12-7-16(19-2)23-18(21-12)22-14-8-15(17(25-4)20-9-14)26-6-5-13-10-24(3)11-13/h7-9,13H,5-6,10-11H2,1-4H3,(H2,19,21,22,23). The molecule has 0 radical (unpaired) electrons. The van der Waals surface area contributed by atoms with Crippen LogP contribution in [-0.2, 0) is 0 Å². The van der Waals surface area contributed by atoms with Crippen LogP contribution >= 0.6 is 0 Å². The van der Waals surface area contributed by atoms with Gasteiger partial charge < -0.3 is 25.0 Å². The molecule has 2 aromatic heterocycles. The second-order valence-corrected chi connectivity index (χ2v) is 6.55. The van der Waals surface area contributed by atoms with Crippen LogP contribution in [0.15, 0.2) is 18.3 Å². The van der Waals surface area contributed by atoms with Crippen molar-refractivity contribution < 1.29 is 9.47 Å². The topological polar surface area (TPSA) is 84.4 Å². The first-order valence-corrected chi connectivity index (χ1v) is 8.73. The second-order valence-electron chi connectivity index (χ2n) is 6.55. The molecule has 8 nitrogen and oxygen atoms in total. The number of aromatic nitrogens is 3. The average Bonchev–Trinajstić information content (AvgIpc) is 2.60. The fourth-order valence-electron chi connectivity index (χ4n) is 2.98. The molecule has 0 aromatic carbocycles. The third-order valence-corrected chi connectivity index (χ3v) is 4.30. The molecule has 2 aromatic rings. The lowest BCUT2D eigenvalue weighted by Crippen LogP contribution is -2.44. The van der Waals surface area contributed by atoms with Gasteiger partial charge in [-0.15, -0.1) is 0 Å². The number of nitrogens with zero attached hydrogens (tertiary/aromatic N) is 4. The molecule has 1 saturated heterocycles. The monoisotopic (exact) mass is 358 g/mol. The molecule has 1 aliphatic rings. The molecule has 1 aliphatic heterocycles. The van der Waals surface area contributed by atoms with Gasteiger partial charge in [0.2, 0.25) is 5.95 Å². The van der Waals surface area contributed by atoms with Gasteiger partial charge in [-0.3, -0.25) is 0 Å². The Labute approximate surface area is 154 Å². The maximum atomic E-state index is 5.92. The van der Waals surface area contributed by atoms with Crippen LogP contribution < -0.4 is 20.1 Å². The summed E-state index contributed by atoms with van der Waals surface area (Å²) in [5.41, 5.74) is 1.62. The van der Waals surface area contributed by atoms with E-state index in [1.165, 1.54) is 0 Å². The van der Waals surface area contributed by atoms with Crippen LogP contribution in [0.25, 0.3) is 0 Å². The minimum atomic E-state index is 0.474. The Morgan fingerprint density at radius 3 is 2.77 bits per heavy atom. The van der Waals surface area contributed by atoms with Crippen LogP contribution in [0.3, 0.4) is 0 Å². The molecule has 1 fully saturated rings. The highest BCUT2D eigenvalue weighted by molar-refractivity contribution is 5.58. The Morgan fingerprint density at radius 1 is 1.27 bits per heavy atom. The summed E-state index contributed by atoms with van der Waals surface area (Å²) in [4.78, 5) is 15.4. The van der Waals surface area contributed by atoms with E-state index in [1.807, 2.05) is 26.1 Å². The van der Waals surface area contributed by atoms with Crippen molar-refractivity contribution >= 4 is 17.5 Å². The largest absolute Gasteiger partial charge is 0.488 e. The highest BCUT2D eigenvalue weighted by Crippen LogP contribution is 2.29. The number of aryl methyl sites for hydroxylation is 1. The zero-order chi connectivity index (χ0) is 18.5. The van der Waals surface area contributed by atoms with Crippen LogP contribution in [0.5, 0.6) is 11.6 Å². The van der Waals surface area contributed by atoms with Crippen LogP contribution in [0, 0.1) is 12.8 Å². The number of hydrogen-bond acceptors (Lipinski definition) is 8. The van der Waals surface area contributed by atoms with E-state index in [0.717, 1.165) is 36.7 Å². The molecule has 0 unspecified atom stereocenters. The van der Waals surface area contributed by atoms with Gasteiger partial charge in [0.15, 0.2) is 5.75 Å². The van der Waals surface area contributed by atoms with Gasteiger partial charge in [0.25, 0.3) is 5.88 Å². The Balaban J connectivity index is 1.67. The third-order valence-electron chi connectivity index (χ3n) is 4.30. The number of anilines is 3. The maximum Gasteiger partial charge on any atom is 0.256 e. The maximum absolute atomic E-state index is 5.92. The Hall–Kier alpha value is -2.61. The average molecular weight is 358 g/mol. The van der Waals surface area contributed by atoms with Gasteiger partial charge in [-0.25, -0.2) is 9.97 Å². The molecule has 0 aliphatic carbocycles. The third kappa shape index (κ3) is 4.51. The van der Waals surface area contributed by atoms with Crippen molar-refractivity contribution in [2.24, 2.45) is 5.92 Å². The van der Waals surface area contributed by atoms with E-state index >= 15 is 0 Å². The summed E-state index contributed by atoms with van der Waals surface area (Å²) in [6.45, 7) is 4.84. The van der Waals surface area contributed by atoms with E-state index in [-0.39, 0.29) is 0 Å². The zero-order valence-electron chi connectivity index (χ0n) is 15.7. The summed E-state index contributed by atoms with van der Waals surface area (Å²) in [5, 5.41) is 6.19. The summed E-state index contributed by atoms with van der Waals surface area (Å²) in [5.74, 6) is 3.06. The van der Waals surface area contributed by atoms with Gasteiger partial charge in [-0.1, -0.05) is 0 Å². The van der Waals surface area contributed by atoms with Gasteiger partial charge in [0, 0.05) is 38.0 Å². The van der Waals surface area contributed by atoms with Crippen LogP contribution in [0.1, 0.15) is 12.1 Å². The number of pyridine rings is 1. The summed E-state index contributed by atoms with van der Waals surface area (Å²) < 4.78 is 11.2. The lowest BCUT2D eigenvalue weighted by Gasteiger charge is -2.36. The van der Waals surface area contributed by atoms with Crippen LogP contribution in [-0.4, -0.2) is 60.8 Å². The summed E-state index contributed by atoms with van der Waals surface area (Å²) in [6.07, 6.45) is 2.70. The molecule has 2 N–H and O–H groups in total. The van der Waals surface area contributed by atoms with Gasteiger partial charge in [-0.05, 0) is 26.3 Å². The van der Waals surface area contributed by atoms with Crippen LogP contribution in [0.2, 0.25) is 0 Å². The van der Waals surface area contributed by atoms with E-state index in [4.69, 9.17) is 9.47 Å². The van der Waals surface area contributed by atoms with E-state index in [2.05, 4.69) is 37.5 Å². The van der Waals surface area contributed by atoms with E-state index in [9.17, 15) is 0 Å². The highest BCUT2D eigenvalue weighted by Gasteiger charge is 2.22. The molecule has 3 heterocycles. The number of hydrogen-bond donors (Lipinski definition) is 2. The zero-order valence-corrected chi connectivity index (χ0v) is 15.7. The summed E-state index contributed by atoms with van der Waals surface area (Å²) in [6, 6.07) is 3.74. The molecule has 3 rings (SSSR count). The molecule has 0 atom stereocenters. The van der Waals surface area contributed by atoms with Gasteiger partial charge >= 0.3 is 0 Å². The normalized spacial score (nSPS) is 14.6. The second kappa shape index (κ2) is 8.18. The SMILES string of the molecule is CNc1cc(C)nc(Nc2cnc(OC)c(OCCC3CN(C)C3)c2)n1. The number of nitrogens with one attached hydrogen (secondary N) is 2. The summed E-state index contributed by atoms with van der Waals surface area (Å²) in [7, 11) is 5.55.